The van der Waals surface area contributed by atoms with Crippen molar-refractivity contribution in [2.45, 2.75) is 51.2 Å². The first-order chi connectivity index (χ1) is 9.64. The van der Waals surface area contributed by atoms with Crippen molar-refractivity contribution < 1.29 is 14.4 Å². The number of nitrogens with zero attached hydrogens (tertiary/aromatic N) is 3. The van der Waals surface area contributed by atoms with Crippen LogP contribution in [0.1, 0.15) is 39.0 Å². The molecule has 0 N–H and O–H groups in total. The van der Waals surface area contributed by atoms with Crippen LogP contribution in [0.5, 0.6) is 0 Å². The average Bonchev–Trinajstić information content (AvgIpc) is 2.96. The molecule has 2 bridgehead atoms. The Bertz CT molecular complexity index is 498. The molecule has 2 fully saturated rings. The molecule has 0 aliphatic heterocycles. The number of aliphatic imine (C=N–C) groups is 3. The molecule has 6 nitrogen and oxygen atoms in total. The van der Waals surface area contributed by atoms with E-state index in [0.717, 1.165) is 32.1 Å². The minimum atomic E-state index is -0.651. The fourth-order valence-corrected chi connectivity index (χ4v) is 4.18. The molecule has 0 aromatic carbocycles. The van der Waals surface area contributed by atoms with Crippen LogP contribution < -0.4 is 0 Å². The molecular formula is C14H17N3O3. The molecule has 2 aliphatic carbocycles. The molecule has 0 aromatic heterocycles. The van der Waals surface area contributed by atoms with E-state index in [1.54, 1.807) is 6.08 Å². The highest BCUT2D eigenvalue weighted by Crippen LogP contribution is 2.60. The van der Waals surface area contributed by atoms with E-state index >= 15 is 0 Å². The van der Waals surface area contributed by atoms with Gasteiger partial charge in [0.2, 0.25) is 18.2 Å². The van der Waals surface area contributed by atoms with Crippen LogP contribution in [0.2, 0.25) is 0 Å². The monoisotopic (exact) mass is 275 g/mol. The van der Waals surface area contributed by atoms with Gasteiger partial charge >= 0.3 is 0 Å². The molecule has 2 saturated carbocycles. The summed E-state index contributed by atoms with van der Waals surface area (Å²) in [6, 6.07) is -0.0485. The normalized spacial score (nSPS) is 33.5. The third-order valence-corrected chi connectivity index (χ3v) is 4.77. The molecule has 2 rings (SSSR count). The molecule has 0 radical (unpaired) electrons. The van der Waals surface area contributed by atoms with Crippen molar-refractivity contribution in [2.24, 2.45) is 32.2 Å². The van der Waals surface area contributed by atoms with Gasteiger partial charge in [0.25, 0.3) is 0 Å². The van der Waals surface area contributed by atoms with Crippen molar-refractivity contribution >= 4 is 18.2 Å². The van der Waals surface area contributed by atoms with Crippen molar-refractivity contribution in [3.8, 4) is 0 Å². The van der Waals surface area contributed by atoms with E-state index in [0.29, 0.717) is 5.92 Å². The van der Waals surface area contributed by atoms with E-state index in [2.05, 4.69) is 15.0 Å². The number of hydrogen-bond acceptors (Lipinski definition) is 6. The highest BCUT2D eigenvalue weighted by molar-refractivity contribution is 5.37. The Morgan fingerprint density at radius 2 is 1.75 bits per heavy atom. The van der Waals surface area contributed by atoms with E-state index in [4.69, 9.17) is 0 Å². The Balaban J connectivity index is 2.12. The van der Waals surface area contributed by atoms with Crippen molar-refractivity contribution in [1.29, 1.82) is 0 Å². The van der Waals surface area contributed by atoms with Gasteiger partial charge in [-0.3, -0.25) is 0 Å². The second kappa shape index (κ2) is 6.06. The van der Waals surface area contributed by atoms with Crippen LogP contribution in [0.3, 0.4) is 0 Å². The second-order valence-electron chi connectivity index (χ2n) is 6.00. The Hall–Kier alpha value is -1.86. The van der Waals surface area contributed by atoms with Crippen molar-refractivity contribution in [3.05, 3.63) is 0 Å². The summed E-state index contributed by atoms with van der Waals surface area (Å²) in [7, 11) is 0. The van der Waals surface area contributed by atoms with Crippen LogP contribution in [0.4, 0.5) is 0 Å². The van der Waals surface area contributed by atoms with Crippen LogP contribution in [0.15, 0.2) is 15.0 Å². The Morgan fingerprint density at radius 3 is 2.35 bits per heavy atom. The van der Waals surface area contributed by atoms with Crippen LogP contribution in [0.25, 0.3) is 0 Å². The van der Waals surface area contributed by atoms with Crippen LogP contribution in [0, 0.1) is 17.3 Å². The number of fused-ring (bicyclic) bond motifs is 2. The Morgan fingerprint density at radius 1 is 1.10 bits per heavy atom. The van der Waals surface area contributed by atoms with E-state index in [-0.39, 0.29) is 17.4 Å². The maximum Gasteiger partial charge on any atom is 0.237 e. The second-order valence-corrected chi connectivity index (χ2v) is 6.00. The van der Waals surface area contributed by atoms with Gasteiger partial charge in [-0.05, 0) is 50.4 Å². The topological polar surface area (TPSA) is 88.3 Å². The molecule has 2 aliphatic rings. The van der Waals surface area contributed by atoms with E-state index in [9.17, 15) is 14.4 Å². The number of hydrogen-bond donors (Lipinski definition) is 0. The highest BCUT2D eigenvalue weighted by Gasteiger charge is 2.53. The first-order valence-electron chi connectivity index (χ1n) is 6.85. The van der Waals surface area contributed by atoms with Gasteiger partial charge in [0.15, 0.2) is 6.17 Å². The predicted octanol–water partition coefficient (Wildman–Crippen LogP) is 1.90. The minimum Gasteiger partial charge on any atom is -0.211 e. The molecule has 106 valence electrons. The lowest BCUT2D eigenvalue weighted by Gasteiger charge is -2.31. The molecule has 0 aromatic rings. The molecular weight excluding hydrogens is 258 g/mol. The molecule has 0 amide bonds. The number of isocyanates is 3. The minimum absolute atomic E-state index is 0.0485. The van der Waals surface area contributed by atoms with E-state index in [1.807, 2.05) is 6.92 Å². The lowest BCUT2D eigenvalue weighted by atomic mass is 9.75. The Kier molecular flexibility index (Phi) is 4.41. The van der Waals surface area contributed by atoms with Gasteiger partial charge in [-0.2, -0.15) is 9.98 Å². The molecule has 4 atom stereocenters. The largest absolute Gasteiger partial charge is 0.237 e. The smallest absolute Gasteiger partial charge is 0.211 e. The fourth-order valence-electron chi connectivity index (χ4n) is 4.18. The zero-order valence-electron chi connectivity index (χ0n) is 11.4. The van der Waals surface area contributed by atoms with Gasteiger partial charge in [0.05, 0.1) is 6.04 Å². The predicted molar refractivity (Wildman–Crippen MR) is 70.1 cm³/mol. The van der Waals surface area contributed by atoms with Crippen LogP contribution >= 0.6 is 0 Å². The molecule has 0 saturated heterocycles. The van der Waals surface area contributed by atoms with Gasteiger partial charge in [0, 0.05) is 5.92 Å². The first kappa shape index (κ1) is 14.5. The van der Waals surface area contributed by atoms with Crippen molar-refractivity contribution in [1.82, 2.24) is 0 Å². The third-order valence-electron chi connectivity index (χ3n) is 4.77. The maximum atomic E-state index is 10.5. The first-order valence-corrected chi connectivity index (χ1v) is 6.85. The lowest BCUT2D eigenvalue weighted by molar-refractivity contribution is 0.202. The lowest BCUT2D eigenvalue weighted by Crippen LogP contribution is -2.27. The molecule has 0 spiro atoms. The van der Waals surface area contributed by atoms with Gasteiger partial charge in [-0.25, -0.2) is 19.4 Å². The van der Waals surface area contributed by atoms with Gasteiger partial charge in [-0.1, -0.05) is 0 Å². The number of rotatable bonds is 6. The molecule has 20 heavy (non-hydrogen) atoms. The fraction of sp³-hybridized carbons (Fsp3) is 0.786. The van der Waals surface area contributed by atoms with Crippen molar-refractivity contribution in [2.75, 3.05) is 0 Å². The van der Waals surface area contributed by atoms with Gasteiger partial charge in [-0.15, -0.1) is 0 Å². The summed E-state index contributed by atoms with van der Waals surface area (Å²) in [5.41, 5.74) is 0.129. The summed E-state index contributed by atoms with van der Waals surface area (Å²) >= 11 is 0. The summed E-state index contributed by atoms with van der Waals surface area (Å²) in [6.07, 6.45) is 8.79. The Labute approximate surface area is 117 Å². The third kappa shape index (κ3) is 2.83. The maximum absolute atomic E-state index is 10.5. The van der Waals surface area contributed by atoms with E-state index in [1.165, 1.54) is 12.2 Å². The molecule has 6 heteroatoms. The number of carbonyl (C=O) groups excluding carboxylic acids is 3. The van der Waals surface area contributed by atoms with Crippen LogP contribution in [-0.4, -0.2) is 30.4 Å². The summed E-state index contributed by atoms with van der Waals surface area (Å²) in [5, 5.41) is 0. The van der Waals surface area contributed by atoms with Gasteiger partial charge in [0.1, 0.15) is 0 Å². The highest BCUT2D eigenvalue weighted by atomic mass is 16.1. The summed E-state index contributed by atoms with van der Waals surface area (Å²) in [6.45, 7) is 1.91. The summed E-state index contributed by atoms with van der Waals surface area (Å²) in [5.74, 6) is 0.515. The van der Waals surface area contributed by atoms with E-state index < -0.39 is 6.17 Å². The quantitative estimate of drug-likeness (QED) is 0.547. The summed E-state index contributed by atoms with van der Waals surface area (Å²) < 4.78 is 0. The molecule has 4 unspecified atom stereocenters. The summed E-state index contributed by atoms with van der Waals surface area (Å²) in [4.78, 5) is 42.3. The van der Waals surface area contributed by atoms with Gasteiger partial charge < -0.3 is 0 Å². The zero-order valence-corrected chi connectivity index (χ0v) is 11.4. The standard InChI is InChI=1S/C14H17N3O3/c1-10(15-7-18)4-14-3-2-11(5-14)12(6-14)13(16-8-19)17-9-20/h10-13H,2-6H2,1H3. The zero-order chi connectivity index (χ0) is 14.6. The van der Waals surface area contributed by atoms with Crippen LogP contribution in [-0.2, 0) is 14.4 Å². The SMILES string of the molecule is CC(CC12CCC(C1)C(C(N=C=O)N=C=O)C2)N=C=O. The average molecular weight is 275 g/mol. The molecule has 0 heterocycles. The van der Waals surface area contributed by atoms with Crippen molar-refractivity contribution in [3.63, 3.8) is 0 Å².